The first-order chi connectivity index (χ1) is 10.6. The number of hydrogen-bond donors (Lipinski definition) is 1. The van der Waals surface area contributed by atoms with Crippen LogP contribution >= 0.6 is 11.8 Å². The van der Waals surface area contributed by atoms with Crippen molar-refractivity contribution in [3.05, 3.63) is 30.3 Å². The monoisotopic (exact) mass is 321 g/mol. The van der Waals surface area contributed by atoms with Crippen molar-refractivity contribution >= 4 is 23.7 Å². The van der Waals surface area contributed by atoms with Gasteiger partial charge in [-0.05, 0) is 18.6 Å². The quantitative estimate of drug-likeness (QED) is 0.845. The first kappa shape index (κ1) is 16.7. The third kappa shape index (κ3) is 4.94. The van der Waals surface area contributed by atoms with E-state index in [0.717, 1.165) is 12.2 Å². The summed E-state index contributed by atoms with van der Waals surface area (Å²) in [5.41, 5.74) is 0. The highest BCUT2D eigenvalue weighted by Gasteiger charge is 2.24. The maximum atomic E-state index is 12.1. The molecule has 22 heavy (non-hydrogen) atoms. The Morgan fingerprint density at radius 2 is 2.14 bits per heavy atom. The van der Waals surface area contributed by atoms with Gasteiger partial charge in [-0.2, -0.15) is 0 Å². The summed E-state index contributed by atoms with van der Waals surface area (Å²) in [5, 5.41) is 3.00. The van der Waals surface area contributed by atoms with E-state index in [-0.39, 0.29) is 18.0 Å². The number of likely N-dealkylation sites (tertiary alicyclic amines) is 1. The van der Waals surface area contributed by atoms with Gasteiger partial charge in [0, 0.05) is 50.3 Å². The van der Waals surface area contributed by atoms with E-state index < -0.39 is 0 Å². The van der Waals surface area contributed by atoms with E-state index >= 15 is 0 Å². The number of thioether (sulfide) groups is 1. The molecule has 1 aliphatic rings. The number of carbonyl (C=O) groups is 2. The Hall–Kier alpha value is -1.69. The van der Waals surface area contributed by atoms with Gasteiger partial charge in [-0.25, -0.2) is 4.79 Å². The van der Waals surface area contributed by atoms with Crippen molar-refractivity contribution in [2.75, 3.05) is 32.9 Å². The van der Waals surface area contributed by atoms with Crippen molar-refractivity contribution in [1.82, 2.24) is 15.1 Å². The summed E-state index contributed by atoms with van der Waals surface area (Å²) < 4.78 is 0. The Bertz CT molecular complexity index is 509. The van der Waals surface area contributed by atoms with Crippen LogP contribution in [0.15, 0.2) is 35.2 Å². The van der Waals surface area contributed by atoms with E-state index in [4.69, 9.17) is 0 Å². The molecule has 1 saturated heterocycles. The Morgan fingerprint density at radius 3 is 2.82 bits per heavy atom. The van der Waals surface area contributed by atoms with Gasteiger partial charge in [0.05, 0.1) is 0 Å². The van der Waals surface area contributed by atoms with Crippen LogP contribution in [0.4, 0.5) is 4.79 Å². The van der Waals surface area contributed by atoms with Gasteiger partial charge in [0.15, 0.2) is 0 Å². The maximum Gasteiger partial charge on any atom is 0.317 e. The van der Waals surface area contributed by atoms with E-state index in [1.54, 1.807) is 35.7 Å². The molecule has 0 spiro atoms. The van der Waals surface area contributed by atoms with Crippen molar-refractivity contribution in [3.8, 4) is 0 Å². The largest absolute Gasteiger partial charge is 0.344 e. The fraction of sp³-hybridized carbons (Fsp3) is 0.500. The minimum atomic E-state index is -0.0681. The standard InChI is InChI=1S/C16H23N3O2S/c1-18(10-11-22-14-6-4-3-5-7-14)16(21)17-13-8-9-15(20)19(2)12-13/h3-7,13H,8-12H2,1-2H3,(H,17,21)/t13-/m0/s1. The molecule has 6 heteroatoms. The van der Waals surface area contributed by atoms with E-state index in [0.29, 0.717) is 19.5 Å². The van der Waals surface area contributed by atoms with Gasteiger partial charge >= 0.3 is 6.03 Å². The number of hydrogen-bond acceptors (Lipinski definition) is 3. The van der Waals surface area contributed by atoms with Gasteiger partial charge in [-0.3, -0.25) is 4.79 Å². The molecule has 0 bridgehead atoms. The smallest absolute Gasteiger partial charge is 0.317 e. The van der Waals surface area contributed by atoms with Crippen molar-refractivity contribution in [2.45, 2.75) is 23.8 Å². The minimum Gasteiger partial charge on any atom is -0.344 e. The Morgan fingerprint density at radius 1 is 1.41 bits per heavy atom. The van der Waals surface area contributed by atoms with Gasteiger partial charge in [0.25, 0.3) is 0 Å². The predicted molar refractivity (Wildman–Crippen MR) is 89.0 cm³/mol. The molecule has 3 amide bonds. The maximum absolute atomic E-state index is 12.1. The number of carbonyl (C=O) groups excluding carboxylic acids is 2. The zero-order valence-corrected chi connectivity index (χ0v) is 13.9. The normalized spacial score (nSPS) is 18.2. The summed E-state index contributed by atoms with van der Waals surface area (Å²) >= 11 is 1.74. The first-order valence-electron chi connectivity index (χ1n) is 7.49. The van der Waals surface area contributed by atoms with Crippen LogP contribution in [0.1, 0.15) is 12.8 Å². The van der Waals surface area contributed by atoms with Crippen LogP contribution in [0.3, 0.4) is 0 Å². The molecule has 1 aromatic carbocycles. The molecule has 1 fully saturated rings. The number of amides is 3. The number of nitrogens with zero attached hydrogens (tertiary/aromatic N) is 2. The van der Waals surface area contributed by atoms with Crippen LogP contribution in [-0.2, 0) is 4.79 Å². The SMILES string of the molecule is CN1C[C@@H](NC(=O)N(C)CCSc2ccccc2)CCC1=O. The lowest BCUT2D eigenvalue weighted by atomic mass is 10.1. The summed E-state index contributed by atoms with van der Waals surface area (Å²) in [5.74, 6) is 1.01. The molecular weight excluding hydrogens is 298 g/mol. The summed E-state index contributed by atoms with van der Waals surface area (Å²) in [6.07, 6.45) is 1.23. The second kappa shape index (κ2) is 8.08. The molecule has 5 nitrogen and oxygen atoms in total. The van der Waals surface area contributed by atoms with Gasteiger partial charge in [0.1, 0.15) is 0 Å². The van der Waals surface area contributed by atoms with Gasteiger partial charge in [-0.15, -0.1) is 11.8 Å². The van der Waals surface area contributed by atoms with E-state index in [1.807, 2.05) is 18.2 Å². The molecular formula is C16H23N3O2S. The second-order valence-electron chi connectivity index (χ2n) is 5.54. The van der Waals surface area contributed by atoms with Gasteiger partial charge in [-0.1, -0.05) is 18.2 Å². The lowest BCUT2D eigenvalue weighted by Gasteiger charge is -2.31. The summed E-state index contributed by atoms with van der Waals surface area (Å²) in [7, 11) is 3.58. The van der Waals surface area contributed by atoms with Crippen LogP contribution in [-0.4, -0.2) is 60.7 Å². The molecule has 0 unspecified atom stereocenters. The van der Waals surface area contributed by atoms with Crippen molar-refractivity contribution in [1.29, 1.82) is 0 Å². The topological polar surface area (TPSA) is 52.7 Å². The Kier molecular flexibility index (Phi) is 6.12. The molecule has 120 valence electrons. The molecule has 1 heterocycles. The Labute approximate surface area is 136 Å². The average Bonchev–Trinajstić information content (AvgIpc) is 2.52. The number of urea groups is 1. The molecule has 1 atom stereocenters. The van der Waals surface area contributed by atoms with E-state index in [1.165, 1.54) is 4.90 Å². The molecule has 1 aromatic rings. The molecule has 0 aromatic heterocycles. The number of benzene rings is 1. The van der Waals surface area contributed by atoms with Crippen LogP contribution in [0.2, 0.25) is 0 Å². The first-order valence-corrected chi connectivity index (χ1v) is 8.48. The van der Waals surface area contributed by atoms with Crippen molar-refractivity contribution in [2.24, 2.45) is 0 Å². The Balaban J connectivity index is 1.69. The lowest BCUT2D eigenvalue weighted by molar-refractivity contribution is -0.132. The fourth-order valence-electron chi connectivity index (χ4n) is 2.33. The molecule has 0 radical (unpaired) electrons. The number of rotatable bonds is 5. The highest BCUT2D eigenvalue weighted by Crippen LogP contribution is 2.16. The average molecular weight is 321 g/mol. The summed E-state index contributed by atoms with van der Waals surface area (Å²) in [6.45, 7) is 1.28. The zero-order chi connectivity index (χ0) is 15.9. The molecule has 1 aliphatic heterocycles. The molecule has 0 aliphatic carbocycles. The molecule has 1 N–H and O–H groups in total. The van der Waals surface area contributed by atoms with E-state index in [9.17, 15) is 9.59 Å². The number of nitrogens with one attached hydrogen (secondary N) is 1. The van der Waals surface area contributed by atoms with Gasteiger partial charge < -0.3 is 15.1 Å². The predicted octanol–water partition coefficient (Wildman–Crippen LogP) is 2.04. The molecule has 2 rings (SSSR count). The number of likely N-dealkylation sites (N-methyl/N-ethyl adjacent to an activating group) is 1. The lowest BCUT2D eigenvalue weighted by Crippen LogP contribution is -2.51. The third-order valence-electron chi connectivity index (χ3n) is 3.74. The highest BCUT2D eigenvalue weighted by molar-refractivity contribution is 7.99. The van der Waals surface area contributed by atoms with Crippen molar-refractivity contribution < 1.29 is 9.59 Å². The van der Waals surface area contributed by atoms with Crippen LogP contribution in [0.25, 0.3) is 0 Å². The number of piperidine rings is 1. The fourth-order valence-corrected chi connectivity index (χ4v) is 3.28. The van der Waals surface area contributed by atoms with Crippen LogP contribution < -0.4 is 5.32 Å². The summed E-state index contributed by atoms with van der Waals surface area (Å²) in [4.78, 5) is 28.2. The zero-order valence-electron chi connectivity index (χ0n) is 13.1. The third-order valence-corrected chi connectivity index (χ3v) is 4.73. The van der Waals surface area contributed by atoms with Crippen LogP contribution in [0.5, 0.6) is 0 Å². The minimum absolute atomic E-state index is 0.0550. The molecule has 0 saturated carbocycles. The summed E-state index contributed by atoms with van der Waals surface area (Å²) in [6, 6.07) is 10.1. The van der Waals surface area contributed by atoms with Crippen molar-refractivity contribution in [3.63, 3.8) is 0 Å². The highest BCUT2D eigenvalue weighted by atomic mass is 32.2. The van der Waals surface area contributed by atoms with Crippen LogP contribution in [0, 0.1) is 0 Å². The van der Waals surface area contributed by atoms with Gasteiger partial charge in [0.2, 0.25) is 5.91 Å². The van der Waals surface area contributed by atoms with E-state index in [2.05, 4.69) is 17.4 Å². The second-order valence-corrected chi connectivity index (χ2v) is 6.71.